The zero-order valence-electron chi connectivity index (χ0n) is 17.8. The molecule has 2 atom stereocenters. The molecule has 2 N–H and O–H groups in total. The molecule has 32 heavy (non-hydrogen) atoms. The maximum atomic E-state index is 12.1. The second kappa shape index (κ2) is 7.72. The average Bonchev–Trinajstić information content (AvgIpc) is 3.36. The van der Waals surface area contributed by atoms with Crippen molar-refractivity contribution in [3.63, 3.8) is 0 Å². The molecule has 0 saturated heterocycles. The number of aromatic amines is 2. The van der Waals surface area contributed by atoms with Gasteiger partial charge in [-0.1, -0.05) is 36.0 Å². The number of H-pyrrole nitrogens is 2. The number of hydrogen-bond donors (Lipinski definition) is 2. The van der Waals surface area contributed by atoms with E-state index in [0.717, 1.165) is 39.6 Å². The Morgan fingerprint density at radius 3 is 2.81 bits per heavy atom. The molecule has 1 aromatic carbocycles. The van der Waals surface area contributed by atoms with Crippen LogP contribution in [0.3, 0.4) is 0 Å². The predicted molar refractivity (Wildman–Crippen MR) is 128 cm³/mol. The highest BCUT2D eigenvalue weighted by Crippen LogP contribution is 2.41. The van der Waals surface area contributed by atoms with Crippen LogP contribution in [0.15, 0.2) is 41.7 Å². The lowest BCUT2D eigenvalue weighted by molar-refractivity contribution is 0.600. The van der Waals surface area contributed by atoms with E-state index in [9.17, 15) is 4.79 Å². The fourth-order valence-electron chi connectivity index (χ4n) is 4.46. The lowest BCUT2D eigenvalue weighted by Gasteiger charge is -2.20. The molecular weight excluding hydrogens is 444 g/mol. The van der Waals surface area contributed by atoms with Crippen molar-refractivity contribution < 1.29 is 0 Å². The van der Waals surface area contributed by atoms with Crippen molar-refractivity contribution in [3.05, 3.63) is 96.7 Å². The van der Waals surface area contributed by atoms with Gasteiger partial charge in [-0.2, -0.15) is 0 Å². The van der Waals surface area contributed by atoms with Crippen LogP contribution in [0.1, 0.15) is 58.5 Å². The van der Waals surface area contributed by atoms with Gasteiger partial charge in [-0.3, -0.25) is 4.98 Å². The normalized spacial score (nSPS) is 15.8. The van der Waals surface area contributed by atoms with Gasteiger partial charge < -0.3 is 14.1 Å². The van der Waals surface area contributed by atoms with E-state index < -0.39 is 0 Å². The van der Waals surface area contributed by atoms with Gasteiger partial charge in [-0.15, -0.1) is 0 Å². The number of benzene rings is 1. The third-order valence-corrected chi connectivity index (χ3v) is 6.56. The van der Waals surface area contributed by atoms with Gasteiger partial charge in [0.1, 0.15) is 10.5 Å². The molecule has 0 aliphatic heterocycles. The lowest BCUT2D eigenvalue weighted by Crippen LogP contribution is -2.22. The Kier molecular flexibility index (Phi) is 4.98. The van der Waals surface area contributed by atoms with Gasteiger partial charge in [0.15, 0.2) is 0 Å². The Morgan fingerprint density at radius 2 is 2.06 bits per heavy atom. The Labute approximate surface area is 194 Å². The molecule has 0 bridgehead atoms. The first-order chi connectivity index (χ1) is 15.3. The zero-order valence-corrected chi connectivity index (χ0v) is 19.3. The summed E-state index contributed by atoms with van der Waals surface area (Å²) in [5.74, 6) is 0.603. The van der Waals surface area contributed by atoms with E-state index >= 15 is 0 Å². The molecule has 162 valence electrons. The molecular formula is C23H21ClN6OS. The Balaban J connectivity index is 1.81. The smallest absolute Gasteiger partial charge is 0.326 e. The van der Waals surface area contributed by atoms with Crippen LogP contribution in [0.25, 0.3) is 12.2 Å². The monoisotopic (exact) mass is 464 g/mol. The fraction of sp³-hybridized carbons (Fsp3) is 0.217. The summed E-state index contributed by atoms with van der Waals surface area (Å²) >= 11 is 11.9. The van der Waals surface area contributed by atoms with Crippen molar-refractivity contribution in [3.8, 4) is 0 Å². The highest BCUT2D eigenvalue weighted by atomic mass is 35.5. The minimum Gasteiger partial charge on any atom is -0.351 e. The van der Waals surface area contributed by atoms with E-state index in [1.807, 2.05) is 31.3 Å². The quantitative estimate of drug-likeness (QED) is 0.382. The molecule has 0 saturated carbocycles. The Morgan fingerprint density at radius 1 is 1.25 bits per heavy atom. The Bertz CT molecular complexity index is 1480. The van der Waals surface area contributed by atoms with Crippen LogP contribution in [0.4, 0.5) is 0 Å². The van der Waals surface area contributed by atoms with Crippen LogP contribution in [0, 0.1) is 11.6 Å². The predicted octanol–water partition coefficient (Wildman–Crippen LogP) is 4.60. The average molecular weight is 465 g/mol. The highest BCUT2D eigenvalue weighted by Gasteiger charge is 2.31. The van der Waals surface area contributed by atoms with Crippen molar-refractivity contribution in [2.45, 2.75) is 25.8 Å². The number of nitrogens with zero attached hydrogens (tertiary/aromatic N) is 4. The summed E-state index contributed by atoms with van der Waals surface area (Å²) in [5, 5.41) is 0.654. The standard InChI is InChI=1S/C23H21ClN6OS/c1-12(18-9-25-11-26-18)30-13(2)27-21-19(30)7-4-14-8-15(24)5-6-16(14)20(21)17-10-29(3)23(31)28-22(17)32/h4-12,20H,1-3H3,(H,25,26)(H,28,31,32). The molecule has 0 fully saturated rings. The van der Waals surface area contributed by atoms with Gasteiger partial charge in [0.2, 0.25) is 0 Å². The number of halogens is 1. The molecule has 3 heterocycles. The molecule has 0 radical (unpaired) electrons. The molecule has 5 rings (SSSR count). The van der Waals surface area contributed by atoms with Crippen LogP contribution in [-0.4, -0.2) is 29.1 Å². The molecule has 9 heteroatoms. The first kappa shape index (κ1) is 20.7. The van der Waals surface area contributed by atoms with E-state index in [-0.39, 0.29) is 17.6 Å². The molecule has 1 aliphatic rings. The highest BCUT2D eigenvalue weighted by molar-refractivity contribution is 7.71. The SMILES string of the molecule is Cc1nc2c(n1C(C)c1c[nH]cn1)C=Cc1cc(Cl)ccc1C2c1cn(C)c(=O)[nH]c1=S. The minimum atomic E-state index is -0.269. The van der Waals surface area contributed by atoms with Gasteiger partial charge in [0, 0.05) is 30.0 Å². The molecule has 7 nitrogen and oxygen atoms in total. The van der Waals surface area contributed by atoms with Crippen LogP contribution in [0.2, 0.25) is 5.02 Å². The maximum Gasteiger partial charge on any atom is 0.326 e. The van der Waals surface area contributed by atoms with E-state index in [2.05, 4.69) is 38.6 Å². The van der Waals surface area contributed by atoms with Crippen molar-refractivity contribution in [2.24, 2.45) is 7.05 Å². The molecule has 4 aromatic rings. The largest absolute Gasteiger partial charge is 0.351 e. The topological polar surface area (TPSA) is 84.3 Å². The van der Waals surface area contributed by atoms with Gasteiger partial charge in [0.25, 0.3) is 0 Å². The third kappa shape index (κ3) is 3.27. The van der Waals surface area contributed by atoms with Crippen LogP contribution in [-0.2, 0) is 7.05 Å². The number of rotatable bonds is 3. The van der Waals surface area contributed by atoms with Crippen LogP contribution >= 0.6 is 23.8 Å². The fourth-order valence-corrected chi connectivity index (χ4v) is 4.89. The third-order valence-electron chi connectivity index (χ3n) is 5.99. The number of aryl methyl sites for hydroxylation is 2. The molecule has 2 unspecified atom stereocenters. The number of nitrogens with one attached hydrogen (secondary N) is 2. The minimum absolute atomic E-state index is 0.0257. The van der Waals surface area contributed by atoms with Crippen LogP contribution < -0.4 is 5.69 Å². The first-order valence-electron chi connectivity index (χ1n) is 10.2. The van der Waals surface area contributed by atoms with Crippen molar-refractivity contribution in [1.82, 2.24) is 29.1 Å². The molecule has 3 aromatic heterocycles. The van der Waals surface area contributed by atoms with E-state index in [4.69, 9.17) is 28.8 Å². The van der Waals surface area contributed by atoms with Crippen molar-refractivity contribution in [2.75, 3.05) is 0 Å². The maximum absolute atomic E-state index is 12.1. The number of hydrogen-bond acceptors (Lipinski definition) is 4. The molecule has 1 aliphatic carbocycles. The Hall–Kier alpha value is -3.23. The lowest BCUT2D eigenvalue weighted by atomic mass is 9.87. The van der Waals surface area contributed by atoms with Gasteiger partial charge in [-0.05, 0) is 43.2 Å². The zero-order chi connectivity index (χ0) is 22.6. The van der Waals surface area contributed by atoms with Crippen molar-refractivity contribution >= 4 is 36.0 Å². The number of fused-ring (bicyclic) bond motifs is 2. The van der Waals surface area contributed by atoms with Gasteiger partial charge in [0.05, 0.1) is 35.4 Å². The van der Waals surface area contributed by atoms with Gasteiger partial charge in [-0.25, -0.2) is 14.8 Å². The summed E-state index contributed by atoms with van der Waals surface area (Å²) in [5.41, 5.74) is 5.34. The summed E-state index contributed by atoms with van der Waals surface area (Å²) in [6, 6.07) is 5.79. The number of imidazole rings is 2. The summed E-state index contributed by atoms with van der Waals surface area (Å²) in [6.45, 7) is 4.09. The summed E-state index contributed by atoms with van der Waals surface area (Å²) < 4.78 is 4.09. The first-order valence-corrected chi connectivity index (χ1v) is 11.0. The number of aromatic nitrogens is 6. The van der Waals surface area contributed by atoms with E-state index in [1.54, 1.807) is 19.6 Å². The van der Waals surface area contributed by atoms with Crippen LogP contribution in [0.5, 0.6) is 0 Å². The molecule has 0 spiro atoms. The second-order valence-electron chi connectivity index (χ2n) is 7.96. The van der Waals surface area contributed by atoms with E-state index in [1.165, 1.54) is 4.57 Å². The van der Waals surface area contributed by atoms with Crippen molar-refractivity contribution in [1.29, 1.82) is 0 Å². The van der Waals surface area contributed by atoms with Gasteiger partial charge >= 0.3 is 5.69 Å². The second-order valence-corrected chi connectivity index (χ2v) is 8.81. The molecule has 0 amide bonds. The summed E-state index contributed by atoms with van der Waals surface area (Å²) in [7, 11) is 1.71. The summed E-state index contributed by atoms with van der Waals surface area (Å²) in [6.07, 6.45) is 9.50. The van der Waals surface area contributed by atoms with E-state index in [0.29, 0.717) is 9.66 Å². The summed E-state index contributed by atoms with van der Waals surface area (Å²) in [4.78, 5) is 27.4.